The standard InChI is InChI=1S/C14H16ClIN2O2S/c15-6-5-14-17-12-8-10(16)3-4-13(12)18(14)11-2-1-7-21(19,20)9-11/h3-4,8,11H,1-2,5-7,9H2. The van der Waals surface area contributed by atoms with Crippen molar-refractivity contribution in [3.05, 3.63) is 27.6 Å². The number of nitrogens with zero attached hydrogens (tertiary/aromatic N) is 2. The summed E-state index contributed by atoms with van der Waals surface area (Å²) in [5.74, 6) is 1.89. The maximum absolute atomic E-state index is 12.0. The SMILES string of the molecule is O=S1(=O)CCCC(n2c(CCCl)nc3cc(I)ccc32)C1. The topological polar surface area (TPSA) is 52.0 Å². The molecule has 2 heterocycles. The lowest BCUT2D eigenvalue weighted by molar-refractivity contribution is 0.468. The van der Waals surface area contributed by atoms with Crippen molar-refractivity contribution >= 4 is 55.1 Å². The lowest BCUT2D eigenvalue weighted by atomic mass is 10.1. The molecule has 4 nitrogen and oxygen atoms in total. The highest BCUT2D eigenvalue weighted by atomic mass is 127. The highest BCUT2D eigenvalue weighted by Gasteiger charge is 2.28. The first-order valence-corrected chi connectivity index (χ1v) is 10.4. The van der Waals surface area contributed by atoms with Gasteiger partial charge in [0.25, 0.3) is 0 Å². The predicted octanol–water partition coefficient (Wildman–Crippen LogP) is 3.17. The average molecular weight is 439 g/mol. The molecule has 0 aliphatic carbocycles. The van der Waals surface area contributed by atoms with Gasteiger partial charge in [0.2, 0.25) is 0 Å². The van der Waals surface area contributed by atoms with E-state index >= 15 is 0 Å². The molecule has 1 aromatic heterocycles. The van der Waals surface area contributed by atoms with Crippen molar-refractivity contribution in [1.82, 2.24) is 9.55 Å². The molecule has 0 radical (unpaired) electrons. The van der Waals surface area contributed by atoms with Crippen LogP contribution in [-0.2, 0) is 16.3 Å². The van der Waals surface area contributed by atoms with Crippen molar-refractivity contribution in [3.8, 4) is 0 Å². The molecule has 1 fully saturated rings. The third-order valence-corrected chi connectivity index (χ3v) is 6.51. The van der Waals surface area contributed by atoms with E-state index in [-0.39, 0.29) is 11.8 Å². The summed E-state index contributed by atoms with van der Waals surface area (Å²) in [6, 6.07) is 6.07. The summed E-state index contributed by atoms with van der Waals surface area (Å²) < 4.78 is 27.1. The van der Waals surface area contributed by atoms with Gasteiger partial charge in [0.1, 0.15) is 5.82 Å². The Morgan fingerprint density at radius 2 is 2.24 bits per heavy atom. The fourth-order valence-electron chi connectivity index (χ4n) is 2.99. The van der Waals surface area contributed by atoms with E-state index in [4.69, 9.17) is 11.6 Å². The zero-order chi connectivity index (χ0) is 15.0. The second kappa shape index (κ2) is 6.04. The molecule has 1 aromatic carbocycles. The highest BCUT2D eigenvalue weighted by Crippen LogP contribution is 2.30. The number of benzene rings is 1. The number of rotatable bonds is 3. The first-order chi connectivity index (χ1) is 10.00. The third kappa shape index (κ3) is 3.22. The van der Waals surface area contributed by atoms with Crippen LogP contribution < -0.4 is 0 Å². The zero-order valence-corrected chi connectivity index (χ0v) is 15.2. The minimum absolute atomic E-state index is 0.0213. The van der Waals surface area contributed by atoms with Gasteiger partial charge in [0, 0.05) is 21.9 Å². The molecule has 1 aliphatic heterocycles. The fourth-order valence-corrected chi connectivity index (χ4v) is 5.31. The summed E-state index contributed by atoms with van der Waals surface area (Å²) in [6.45, 7) is 0. The highest BCUT2D eigenvalue weighted by molar-refractivity contribution is 14.1. The van der Waals surface area contributed by atoms with E-state index < -0.39 is 9.84 Å². The number of aromatic nitrogens is 2. The lowest BCUT2D eigenvalue weighted by Crippen LogP contribution is -2.28. The van der Waals surface area contributed by atoms with E-state index in [1.54, 1.807) is 0 Å². The summed E-state index contributed by atoms with van der Waals surface area (Å²) in [5, 5.41) is 0. The molecule has 1 atom stereocenters. The van der Waals surface area contributed by atoms with E-state index in [2.05, 4.69) is 32.1 Å². The maximum atomic E-state index is 12.0. The first-order valence-electron chi connectivity index (χ1n) is 6.93. The number of hydrogen-bond acceptors (Lipinski definition) is 3. The maximum Gasteiger partial charge on any atom is 0.152 e. The summed E-state index contributed by atoms with van der Waals surface area (Å²) >= 11 is 8.15. The molecular weight excluding hydrogens is 423 g/mol. The lowest BCUT2D eigenvalue weighted by Gasteiger charge is -2.25. The Balaban J connectivity index is 2.12. The Kier molecular flexibility index (Phi) is 4.47. The number of sulfone groups is 1. The van der Waals surface area contributed by atoms with Crippen molar-refractivity contribution in [2.75, 3.05) is 17.4 Å². The summed E-state index contributed by atoms with van der Waals surface area (Å²) in [7, 11) is -2.95. The van der Waals surface area contributed by atoms with Crippen LogP contribution in [0.3, 0.4) is 0 Å². The molecule has 0 spiro atoms. The van der Waals surface area contributed by atoms with Crippen molar-refractivity contribution in [1.29, 1.82) is 0 Å². The molecule has 7 heteroatoms. The number of aryl methyl sites for hydroxylation is 1. The minimum Gasteiger partial charge on any atom is -0.324 e. The van der Waals surface area contributed by atoms with Crippen LogP contribution in [0, 0.1) is 3.57 Å². The van der Waals surface area contributed by atoms with Gasteiger partial charge in [-0.15, -0.1) is 11.6 Å². The van der Waals surface area contributed by atoms with Gasteiger partial charge in [-0.2, -0.15) is 0 Å². The minimum atomic E-state index is -2.95. The number of imidazole rings is 1. The van der Waals surface area contributed by atoms with Crippen molar-refractivity contribution in [2.24, 2.45) is 0 Å². The molecule has 2 aromatic rings. The molecule has 0 saturated carbocycles. The third-order valence-electron chi connectivity index (χ3n) is 3.85. The number of alkyl halides is 1. The smallest absolute Gasteiger partial charge is 0.152 e. The summed E-state index contributed by atoms with van der Waals surface area (Å²) in [6.07, 6.45) is 2.26. The van der Waals surface area contributed by atoms with E-state index in [0.29, 0.717) is 18.1 Å². The van der Waals surface area contributed by atoms with Crippen LogP contribution in [0.4, 0.5) is 0 Å². The number of halogens is 2. The molecular formula is C14H16ClIN2O2S. The first kappa shape index (κ1) is 15.6. The Bertz CT molecular complexity index is 773. The van der Waals surface area contributed by atoms with Crippen LogP contribution in [0.15, 0.2) is 18.2 Å². The van der Waals surface area contributed by atoms with Crippen LogP contribution >= 0.6 is 34.2 Å². The van der Waals surface area contributed by atoms with Crippen LogP contribution in [0.5, 0.6) is 0 Å². The van der Waals surface area contributed by atoms with E-state index in [9.17, 15) is 8.42 Å². The molecule has 21 heavy (non-hydrogen) atoms. The second-order valence-corrected chi connectivity index (χ2v) is 9.23. The van der Waals surface area contributed by atoms with Gasteiger partial charge in [-0.1, -0.05) is 0 Å². The van der Waals surface area contributed by atoms with E-state index in [0.717, 1.165) is 33.3 Å². The Morgan fingerprint density at radius 1 is 1.43 bits per heavy atom. The van der Waals surface area contributed by atoms with E-state index in [1.165, 1.54) is 0 Å². The largest absolute Gasteiger partial charge is 0.324 e. The molecule has 114 valence electrons. The number of fused-ring (bicyclic) bond motifs is 1. The van der Waals surface area contributed by atoms with Gasteiger partial charge in [0.05, 0.1) is 22.5 Å². The Labute approximate surface area is 142 Å². The molecule has 1 aliphatic rings. The molecule has 0 bridgehead atoms. The Hall–Kier alpha value is -0.340. The van der Waals surface area contributed by atoms with Gasteiger partial charge in [-0.25, -0.2) is 13.4 Å². The molecule has 0 amide bonds. The van der Waals surface area contributed by atoms with Crippen LogP contribution in [0.2, 0.25) is 0 Å². The van der Waals surface area contributed by atoms with Gasteiger partial charge >= 0.3 is 0 Å². The van der Waals surface area contributed by atoms with Crippen molar-refractivity contribution in [3.63, 3.8) is 0 Å². The molecule has 1 unspecified atom stereocenters. The van der Waals surface area contributed by atoms with Crippen molar-refractivity contribution in [2.45, 2.75) is 25.3 Å². The van der Waals surface area contributed by atoms with Crippen LogP contribution in [0.1, 0.15) is 24.7 Å². The zero-order valence-electron chi connectivity index (χ0n) is 11.4. The number of hydrogen-bond donors (Lipinski definition) is 0. The molecule has 3 rings (SSSR count). The molecule has 1 saturated heterocycles. The van der Waals surface area contributed by atoms with Gasteiger partial charge < -0.3 is 4.57 Å². The predicted molar refractivity (Wildman–Crippen MR) is 93.8 cm³/mol. The van der Waals surface area contributed by atoms with E-state index in [1.807, 2.05) is 18.2 Å². The average Bonchev–Trinajstić information content (AvgIpc) is 2.75. The Morgan fingerprint density at radius 3 is 2.95 bits per heavy atom. The van der Waals surface area contributed by atoms with Crippen LogP contribution in [-0.4, -0.2) is 35.4 Å². The summed E-state index contributed by atoms with van der Waals surface area (Å²) in [5.41, 5.74) is 1.93. The monoisotopic (exact) mass is 438 g/mol. The van der Waals surface area contributed by atoms with Gasteiger partial charge in [-0.05, 0) is 53.6 Å². The second-order valence-electron chi connectivity index (χ2n) is 5.38. The quantitative estimate of drug-likeness (QED) is 0.546. The van der Waals surface area contributed by atoms with Crippen molar-refractivity contribution < 1.29 is 8.42 Å². The fraction of sp³-hybridized carbons (Fsp3) is 0.500. The van der Waals surface area contributed by atoms with Gasteiger partial charge in [-0.3, -0.25) is 0 Å². The summed E-state index contributed by atoms with van der Waals surface area (Å²) in [4.78, 5) is 4.67. The normalized spacial score (nSPS) is 21.7. The molecule has 0 N–H and O–H groups in total. The van der Waals surface area contributed by atoms with Crippen LogP contribution in [0.25, 0.3) is 11.0 Å². The van der Waals surface area contributed by atoms with Gasteiger partial charge in [0.15, 0.2) is 9.84 Å².